The molecule has 2 heterocycles. The van der Waals surface area contributed by atoms with E-state index in [1.54, 1.807) is 0 Å². The second-order valence-electron chi connectivity index (χ2n) is 6.52. The Morgan fingerprint density at radius 2 is 1.80 bits per heavy atom. The zero-order valence-electron chi connectivity index (χ0n) is 13.0. The quantitative estimate of drug-likeness (QED) is 0.445. The van der Waals surface area contributed by atoms with Gasteiger partial charge in [0.25, 0.3) is 0 Å². The van der Waals surface area contributed by atoms with Crippen LogP contribution in [0, 0.1) is 11.8 Å². The second kappa shape index (κ2) is 7.38. The molecule has 2 fully saturated rings. The molecule has 2 aliphatic rings. The van der Waals surface area contributed by atoms with Crippen LogP contribution in [0.25, 0.3) is 0 Å². The minimum Gasteiger partial charge on any atom is -0.303 e. The van der Waals surface area contributed by atoms with Crippen molar-refractivity contribution in [3.8, 4) is 0 Å². The summed E-state index contributed by atoms with van der Waals surface area (Å²) in [7, 11) is 0. The summed E-state index contributed by atoms with van der Waals surface area (Å²) in [5, 5.41) is 0. The number of hydrazine groups is 1. The molecule has 0 bridgehead atoms. The first kappa shape index (κ1) is 15.7. The topological polar surface area (TPSA) is 61.6 Å². The van der Waals surface area contributed by atoms with Crippen LogP contribution in [0.5, 0.6) is 0 Å². The first-order chi connectivity index (χ1) is 9.61. The van der Waals surface area contributed by atoms with Gasteiger partial charge in [0.2, 0.25) is 5.91 Å². The van der Waals surface area contributed by atoms with Gasteiger partial charge < -0.3 is 4.90 Å². The van der Waals surface area contributed by atoms with Gasteiger partial charge in [0.05, 0.1) is 5.92 Å². The third-order valence-corrected chi connectivity index (χ3v) is 5.22. The standard InChI is InChI=1S/C15H30N4O/c1-12(15(20)17-16)13(2)19-9-5-14(6-10-19)11-18-7-3-4-8-18/h12-14H,3-11,16H2,1-2H3,(H,17,20). The number of rotatable bonds is 5. The van der Waals surface area contributed by atoms with E-state index in [2.05, 4.69) is 22.1 Å². The third-order valence-electron chi connectivity index (χ3n) is 5.22. The van der Waals surface area contributed by atoms with Crippen LogP contribution >= 0.6 is 0 Å². The zero-order chi connectivity index (χ0) is 14.5. The highest BCUT2D eigenvalue weighted by Crippen LogP contribution is 2.23. The molecule has 0 aromatic rings. The lowest BCUT2D eigenvalue weighted by atomic mass is 9.92. The van der Waals surface area contributed by atoms with Gasteiger partial charge in [-0.1, -0.05) is 6.92 Å². The van der Waals surface area contributed by atoms with Crippen LogP contribution in [0.15, 0.2) is 0 Å². The molecule has 0 aliphatic carbocycles. The lowest BCUT2D eigenvalue weighted by Crippen LogP contribution is -2.49. The van der Waals surface area contributed by atoms with E-state index in [0.717, 1.165) is 19.0 Å². The molecule has 20 heavy (non-hydrogen) atoms. The predicted molar refractivity (Wildman–Crippen MR) is 80.9 cm³/mol. The number of piperidine rings is 1. The van der Waals surface area contributed by atoms with Gasteiger partial charge in [-0.2, -0.15) is 0 Å². The van der Waals surface area contributed by atoms with Crippen LogP contribution in [-0.2, 0) is 4.79 Å². The predicted octanol–water partition coefficient (Wildman–Crippen LogP) is 0.809. The summed E-state index contributed by atoms with van der Waals surface area (Å²) in [5.74, 6) is 5.97. The first-order valence-corrected chi connectivity index (χ1v) is 8.08. The number of carbonyl (C=O) groups excluding carboxylic acids is 1. The summed E-state index contributed by atoms with van der Waals surface area (Å²) in [5.41, 5.74) is 2.27. The fourth-order valence-corrected chi connectivity index (χ4v) is 3.54. The smallest absolute Gasteiger partial charge is 0.238 e. The number of likely N-dealkylation sites (tertiary alicyclic amines) is 2. The Kier molecular flexibility index (Phi) is 5.81. The van der Waals surface area contributed by atoms with Crippen molar-refractivity contribution in [3.05, 3.63) is 0 Å². The van der Waals surface area contributed by atoms with Gasteiger partial charge in [0.15, 0.2) is 0 Å². The van der Waals surface area contributed by atoms with Crippen LogP contribution in [0.1, 0.15) is 39.5 Å². The van der Waals surface area contributed by atoms with Crippen molar-refractivity contribution in [2.24, 2.45) is 17.7 Å². The van der Waals surface area contributed by atoms with Gasteiger partial charge in [-0.3, -0.25) is 15.1 Å². The maximum absolute atomic E-state index is 11.6. The van der Waals surface area contributed by atoms with Crippen LogP contribution in [0.4, 0.5) is 0 Å². The minimum atomic E-state index is -0.0586. The van der Waals surface area contributed by atoms with E-state index in [9.17, 15) is 4.79 Å². The molecule has 2 unspecified atom stereocenters. The molecule has 0 saturated carbocycles. The van der Waals surface area contributed by atoms with Crippen molar-refractivity contribution in [1.29, 1.82) is 0 Å². The first-order valence-electron chi connectivity index (χ1n) is 8.08. The van der Waals surface area contributed by atoms with E-state index in [1.165, 1.54) is 45.3 Å². The highest BCUT2D eigenvalue weighted by atomic mass is 16.2. The van der Waals surface area contributed by atoms with E-state index in [4.69, 9.17) is 5.84 Å². The van der Waals surface area contributed by atoms with E-state index in [1.807, 2.05) is 6.92 Å². The Balaban J connectivity index is 1.74. The Morgan fingerprint density at radius 3 is 2.35 bits per heavy atom. The third kappa shape index (κ3) is 3.93. The summed E-state index contributed by atoms with van der Waals surface area (Å²) >= 11 is 0. The average molecular weight is 282 g/mol. The van der Waals surface area contributed by atoms with Gasteiger partial charge in [0.1, 0.15) is 0 Å². The summed E-state index contributed by atoms with van der Waals surface area (Å²) in [4.78, 5) is 16.7. The molecule has 2 saturated heterocycles. The van der Waals surface area contributed by atoms with E-state index < -0.39 is 0 Å². The van der Waals surface area contributed by atoms with Crippen molar-refractivity contribution in [3.63, 3.8) is 0 Å². The van der Waals surface area contributed by atoms with Gasteiger partial charge in [-0.25, -0.2) is 5.84 Å². The number of carbonyl (C=O) groups is 1. The second-order valence-corrected chi connectivity index (χ2v) is 6.52. The van der Waals surface area contributed by atoms with Crippen molar-refractivity contribution < 1.29 is 4.79 Å². The van der Waals surface area contributed by atoms with E-state index >= 15 is 0 Å². The number of nitrogens with zero attached hydrogens (tertiary/aromatic N) is 2. The van der Waals surface area contributed by atoms with E-state index in [-0.39, 0.29) is 17.9 Å². The van der Waals surface area contributed by atoms with Gasteiger partial charge in [-0.05, 0) is 64.7 Å². The summed E-state index contributed by atoms with van der Waals surface area (Å²) in [6.45, 7) is 10.2. The molecule has 2 aliphatic heterocycles. The average Bonchev–Trinajstić information content (AvgIpc) is 2.98. The fourth-order valence-electron chi connectivity index (χ4n) is 3.54. The van der Waals surface area contributed by atoms with Gasteiger partial charge >= 0.3 is 0 Å². The molecule has 0 aromatic carbocycles. The van der Waals surface area contributed by atoms with Crippen LogP contribution in [0.2, 0.25) is 0 Å². The molecule has 116 valence electrons. The minimum absolute atomic E-state index is 0.0462. The lowest BCUT2D eigenvalue weighted by Gasteiger charge is -2.38. The highest BCUT2D eigenvalue weighted by molar-refractivity contribution is 5.78. The normalized spacial score (nSPS) is 25.6. The monoisotopic (exact) mass is 282 g/mol. The van der Waals surface area contributed by atoms with Crippen molar-refractivity contribution in [2.45, 2.75) is 45.6 Å². The highest BCUT2D eigenvalue weighted by Gasteiger charge is 2.29. The summed E-state index contributed by atoms with van der Waals surface area (Å²) < 4.78 is 0. The fraction of sp³-hybridized carbons (Fsp3) is 0.933. The molecule has 1 amide bonds. The Bertz CT molecular complexity index is 309. The van der Waals surface area contributed by atoms with Crippen LogP contribution < -0.4 is 11.3 Å². The molecule has 5 heteroatoms. The van der Waals surface area contributed by atoms with Gasteiger partial charge in [-0.15, -0.1) is 0 Å². The van der Waals surface area contributed by atoms with E-state index in [0.29, 0.717) is 0 Å². The Hall–Kier alpha value is -0.650. The molecule has 5 nitrogen and oxygen atoms in total. The van der Waals surface area contributed by atoms with Crippen molar-refractivity contribution in [1.82, 2.24) is 15.2 Å². The van der Waals surface area contributed by atoms with Crippen molar-refractivity contribution >= 4 is 5.91 Å². The maximum atomic E-state index is 11.6. The number of nitrogens with two attached hydrogens (primary N) is 1. The summed E-state index contributed by atoms with van der Waals surface area (Å²) in [6, 6.07) is 0.270. The van der Waals surface area contributed by atoms with Crippen molar-refractivity contribution in [2.75, 3.05) is 32.7 Å². The number of nitrogens with one attached hydrogen (secondary N) is 1. The molecule has 2 rings (SSSR count). The van der Waals surface area contributed by atoms with Gasteiger partial charge in [0, 0.05) is 12.6 Å². The molecule has 0 radical (unpaired) electrons. The van der Waals surface area contributed by atoms with Crippen LogP contribution in [-0.4, -0.2) is 54.5 Å². The Morgan fingerprint density at radius 1 is 1.20 bits per heavy atom. The molecule has 3 N–H and O–H groups in total. The lowest BCUT2D eigenvalue weighted by molar-refractivity contribution is -0.126. The largest absolute Gasteiger partial charge is 0.303 e. The Labute approximate surface area is 122 Å². The molecule has 2 atom stereocenters. The maximum Gasteiger partial charge on any atom is 0.238 e. The molecular weight excluding hydrogens is 252 g/mol. The number of hydrogen-bond donors (Lipinski definition) is 2. The van der Waals surface area contributed by atoms with Crippen LogP contribution in [0.3, 0.4) is 0 Å². The summed E-state index contributed by atoms with van der Waals surface area (Å²) in [6.07, 6.45) is 5.28. The zero-order valence-corrected chi connectivity index (χ0v) is 13.0. The molecular formula is C15H30N4O. The SMILES string of the molecule is CC(C(=O)NN)C(C)N1CCC(CN2CCCC2)CC1. The number of hydrogen-bond acceptors (Lipinski definition) is 4. The molecule has 0 spiro atoms. The number of amides is 1. The molecule has 0 aromatic heterocycles.